The summed E-state index contributed by atoms with van der Waals surface area (Å²) in [7, 11) is 0. The lowest BCUT2D eigenvalue weighted by Gasteiger charge is -2.03. The summed E-state index contributed by atoms with van der Waals surface area (Å²) < 4.78 is 0. The van der Waals surface area contributed by atoms with Crippen LogP contribution < -0.4 is 11.1 Å². The Kier molecular flexibility index (Phi) is 1.96. The van der Waals surface area contributed by atoms with E-state index in [0.29, 0.717) is 24.1 Å². The van der Waals surface area contributed by atoms with Crippen molar-refractivity contribution < 1.29 is 9.59 Å². The highest BCUT2D eigenvalue weighted by Crippen LogP contribution is 2.17. The fourth-order valence-corrected chi connectivity index (χ4v) is 1.53. The van der Waals surface area contributed by atoms with Gasteiger partial charge in [0.1, 0.15) is 0 Å². The van der Waals surface area contributed by atoms with E-state index in [1.54, 1.807) is 18.2 Å². The number of hydrogen-bond acceptors (Lipinski definition) is 3. The maximum atomic E-state index is 11.5. The third-order valence-electron chi connectivity index (χ3n) is 2.25. The first-order valence-corrected chi connectivity index (χ1v) is 4.39. The molecule has 0 aliphatic carbocycles. The zero-order chi connectivity index (χ0) is 10.1. The molecule has 1 heterocycles. The van der Waals surface area contributed by atoms with Crippen molar-refractivity contribution in [3.63, 3.8) is 0 Å². The number of anilines is 1. The third kappa shape index (κ3) is 1.46. The largest absolute Gasteiger partial charge is 0.399 e. The summed E-state index contributed by atoms with van der Waals surface area (Å²) in [6.45, 7) is 0. The Morgan fingerprint density at radius 1 is 1.21 bits per heavy atom. The number of amides is 2. The van der Waals surface area contributed by atoms with Crippen molar-refractivity contribution in [2.24, 2.45) is 0 Å². The number of nitrogen functional groups attached to an aromatic ring is 1. The zero-order valence-corrected chi connectivity index (χ0v) is 7.54. The summed E-state index contributed by atoms with van der Waals surface area (Å²) in [5.74, 6) is -0.584. The Hall–Kier alpha value is -1.84. The van der Waals surface area contributed by atoms with Gasteiger partial charge in [0, 0.05) is 17.7 Å². The molecule has 1 aromatic carbocycles. The van der Waals surface area contributed by atoms with Crippen LogP contribution in [0.2, 0.25) is 0 Å². The van der Waals surface area contributed by atoms with Crippen LogP contribution >= 0.6 is 0 Å². The average Bonchev–Trinajstić information content (AvgIpc) is 2.27. The first-order chi connectivity index (χ1) is 6.66. The van der Waals surface area contributed by atoms with Gasteiger partial charge in [-0.3, -0.25) is 14.9 Å². The van der Waals surface area contributed by atoms with E-state index in [1.165, 1.54) is 0 Å². The van der Waals surface area contributed by atoms with Gasteiger partial charge in [0.15, 0.2) is 0 Å². The molecule has 0 bridgehead atoms. The van der Waals surface area contributed by atoms with E-state index in [-0.39, 0.29) is 11.8 Å². The van der Waals surface area contributed by atoms with Gasteiger partial charge in [-0.2, -0.15) is 0 Å². The highest BCUT2D eigenvalue weighted by molar-refractivity contribution is 6.07. The molecule has 4 nitrogen and oxygen atoms in total. The molecule has 0 saturated heterocycles. The monoisotopic (exact) mass is 190 g/mol. The fourth-order valence-electron chi connectivity index (χ4n) is 1.53. The number of fused-ring (bicyclic) bond motifs is 1. The number of rotatable bonds is 0. The molecule has 0 spiro atoms. The molecular formula is C10H10N2O2. The van der Waals surface area contributed by atoms with Gasteiger partial charge in [0.25, 0.3) is 5.91 Å². The highest BCUT2D eigenvalue weighted by Gasteiger charge is 2.19. The van der Waals surface area contributed by atoms with Crippen LogP contribution in [0.3, 0.4) is 0 Å². The predicted octanol–water partition coefficient (Wildman–Crippen LogP) is 0.471. The lowest BCUT2D eigenvalue weighted by Crippen LogP contribution is -2.28. The van der Waals surface area contributed by atoms with E-state index >= 15 is 0 Å². The summed E-state index contributed by atoms with van der Waals surface area (Å²) in [4.78, 5) is 22.6. The number of carbonyl (C=O) groups is 2. The number of nitrogens with two attached hydrogens (primary N) is 1. The van der Waals surface area contributed by atoms with Crippen LogP contribution in [0.15, 0.2) is 18.2 Å². The Balaban J connectivity index is 2.49. The van der Waals surface area contributed by atoms with Crippen LogP contribution in [0.25, 0.3) is 0 Å². The van der Waals surface area contributed by atoms with Crippen molar-refractivity contribution in [3.05, 3.63) is 29.3 Å². The Labute approximate surface area is 81.1 Å². The number of carbonyl (C=O) groups excluding carboxylic acids is 2. The van der Waals surface area contributed by atoms with Crippen LogP contribution in [0, 0.1) is 0 Å². The Morgan fingerprint density at radius 2 is 2.00 bits per heavy atom. The van der Waals surface area contributed by atoms with Crippen molar-refractivity contribution in [3.8, 4) is 0 Å². The van der Waals surface area contributed by atoms with Gasteiger partial charge in [-0.05, 0) is 24.1 Å². The molecule has 3 N–H and O–H groups in total. The molecule has 0 unspecified atom stereocenters. The second-order valence-electron chi connectivity index (χ2n) is 3.29. The van der Waals surface area contributed by atoms with Crippen LogP contribution in [0.5, 0.6) is 0 Å². The lowest BCUT2D eigenvalue weighted by atomic mass is 10.0. The van der Waals surface area contributed by atoms with Crippen molar-refractivity contribution in [1.82, 2.24) is 5.32 Å². The van der Waals surface area contributed by atoms with Crippen LogP contribution in [-0.4, -0.2) is 11.8 Å². The van der Waals surface area contributed by atoms with Gasteiger partial charge < -0.3 is 5.73 Å². The van der Waals surface area contributed by atoms with Crippen LogP contribution in [0.4, 0.5) is 5.69 Å². The van der Waals surface area contributed by atoms with E-state index in [1.807, 2.05) is 0 Å². The molecule has 4 heteroatoms. The van der Waals surface area contributed by atoms with Crippen LogP contribution in [0.1, 0.15) is 22.3 Å². The smallest absolute Gasteiger partial charge is 0.258 e. The number of imide groups is 1. The maximum absolute atomic E-state index is 11.5. The summed E-state index contributed by atoms with van der Waals surface area (Å²) in [5.41, 5.74) is 7.49. The summed E-state index contributed by atoms with van der Waals surface area (Å²) in [5, 5.41) is 2.29. The number of hydrogen-bond donors (Lipinski definition) is 2. The Bertz CT molecular complexity index is 413. The SMILES string of the molecule is Nc1ccc2c(c1)C(=O)NC(=O)CC2. The Morgan fingerprint density at radius 3 is 2.79 bits per heavy atom. The van der Waals surface area contributed by atoms with E-state index in [2.05, 4.69) is 5.32 Å². The molecule has 1 aromatic rings. The predicted molar refractivity (Wildman–Crippen MR) is 51.6 cm³/mol. The highest BCUT2D eigenvalue weighted by atomic mass is 16.2. The van der Waals surface area contributed by atoms with Crippen LogP contribution in [-0.2, 0) is 11.2 Å². The molecule has 0 radical (unpaired) electrons. The minimum Gasteiger partial charge on any atom is -0.399 e. The molecule has 0 aromatic heterocycles. The number of benzene rings is 1. The molecule has 2 rings (SSSR count). The molecule has 0 saturated carbocycles. The molecule has 1 aliphatic rings. The molecule has 2 amide bonds. The first kappa shape index (κ1) is 8.74. The minimum atomic E-state index is -0.352. The third-order valence-corrected chi connectivity index (χ3v) is 2.25. The van der Waals surface area contributed by atoms with Gasteiger partial charge in [-0.15, -0.1) is 0 Å². The van der Waals surface area contributed by atoms with Crippen molar-refractivity contribution in [2.75, 3.05) is 5.73 Å². The normalized spacial score (nSPS) is 15.7. The van der Waals surface area contributed by atoms with Crippen molar-refractivity contribution in [2.45, 2.75) is 12.8 Å². The molecule has 1 aliphatic heterocycles. The number of aryl methyl sites for hydroxylation is 1. The van der Waals surface area contributed by atoms with Crippen molar-refractivity contribution >= 4 is 17.5 Å². The standard InChI is InChI=1S/C10H10N2O2/c11-7-3-1-6-2-4-9(13)12-10(14)8(6)5-7/h1,3,5H,2,4,11H2,(H,12,13,14). The topological polar surface area (TPSA) is 72.2 Å². The minimum absolute atomic E-state index is 0.232. The van der Waals surface area contributed by atoms with Gasteiger partial charge in [-0.1, -0.05) is 6.07 Å². The maximum Gasteiger partial charge on any atom is 0.258 e. The molecule has 14 heavy (non-hydrogen) atoms. The summed E-state index contributed by atoms with van der Waals surface area (Å²) in [6.07, 6.45) is 0.940. The van der Waals surface area contributed by atoms with Gasteiger partial charge in [0.05, 0.1) is 0 Å². The van der Waals surface area contributed by atoms with E-state index in [4.69, 9.17) is 5.73 Å². The molecular weight excluding hydrogens is 180 g/mol. The van der Waals surface area contributed by atoms with Crippen molar-refractivity contribution in [1.29, 1.82) is 0 Å². The number of nitrogens with one attached hydrogen (secondary N) is 1. The molecule has 0 fully saturated rings. The first-order valence-electron chi connectivity index (χ1n) is 4.39. The second kappa shape index (κ2) is 3.14. The quantitative estimate of drug-likeness (QED) is 0.461. The molecule has 0 atom stereocenters. The van der Waals surface area contributed by atoms with E-state index in [0.717, 1.165) is 5.56 Å². The zero-order valence-electron chi connectivity index (χ0n) is 7.54. The van der Waals surface area contributed by atoms with Gasteiger partial charge in [-0.25, -0.2) is 0 Å². The van der Waals surface area contributed by atoms with Gasteiger partial charge >= 0.3 is 0 Å². The van der Waals surface area contributed by atoms with Gasteiger partial charge in [0.2, 0.25) is 5.91 Å². The molecule has 72 valence electrons. The lowest BCUT2D eigenvalue weighted by molar-refractivity contribution is -0.119. The van der Waals surface area contributed by atoms with E-state index < -0.39 is 0 Å². The average molecular weight is 190 g/mol. The summed E-state index contributed by atoms with van der Waals surface area (Å²) >= 11 is 0. The van der Waals surface area contributed by atoms with E-state index in [9.17, 15) is 9.59 Å². The summed E-state index contributed by atoms with van der Waals surface area (Å²) in [6, 6.07) is 5.13. The second-order valence-corrected chi connectivity index (χ2v) is 3.29. The fraction of sp³-hybridized carbons (Fsp3) is 0.200.